The number of fused-ring (bicyclic) bond motifs is 1. The van der Waals surface area contributed by atoms with E-state index in [1.54, 1.807) is 12.1 Å². The SMILES string of the molecule is CCC[C@H](c1nnnn1C[C@@H]1CCCO1)N(Cc1ccc(F)cc1)Cc1cc2ccc(C)cc2[nH]c1=O. The van der Waals surface area contributed by atoms with Gasteiger partial charge in [-0.15, -0.1) is 5.10 Å². The van der Waals surface area contributed by atoms with Crippen LogP contribution >= 0.6 is 0 Å². The van der Waals surface area contributed by atoms with E-state index in [-0.39, 0.29) is 23.5 Å². The van der Waals surface area contributed by atoms with E-state index in [4.69, 9.17) is 4.74 Å². The van der Waals surface area contributed by atoms with Gasteiger partial charge in [0.1, 0.15) is 5.82 Å². The summed E-state index contributed by atoms with van der Waals surface area (Å²) in [4.78, 5) is 18.4. The zero-order valence-corrected chi connectivity index (χ0v) is 21.4. The number of benzene rings is 2. The molecule has 0 saturated carbocycles. The van der Waals surface area contributed by atoms with Gasteiger partial charge in [-0.2, -0.15) is 0 Å². The number of nitrogens with one attached hydrogen (secondary N) is 1. The van der Waals surface area contributed by atoms with Crippen molar-refractivity contribution < 1.29 is 9.13 Å². The van der Waals surface area contributed by atoms with Gasteiger partial charge in [-0.05, 0) is 77.4 Å². The molecule has 0 radical (unpaired) electrons. The van der Waals surface area contributed by atoms with E-state index in [1.165, 1.54) is 12.1 Å². The van der Waals surface area contributed by atoms with Crippen LogP contribution in [-0.4, -0.2) is 42.8 Å². The summed E-state index contributed by atoms with van der Waals surface area (Å²) in [5.74, 6) is 0.481. The smallest absolute Gasteiger partial charge is 0.252 e. The van der Waals surface area contributed by atoms with Gasteiger partial charge in [0.05, 0.1) is 18.7 Å². The van der Waals surface area contributed by atoms with Crippen LogP contribution in [0.15, 0.2) is 53.3 Å². The van der Waals surface area contributed by atoms with E-state index in [9.17, 15) is 9.18 Å². The first kappa shape index (κ1) is 25.2. The van der Waals surface area contributed by atoms with Crippen LogP contribution in [0.1, 0.15) is 61.2 Å². The minimum absolute atomic E-state index is 0.0989. The second kappa shape index (κ2) is 11.3. The molecule has 1 saturated heterocycles. The highest BCUT2D eigenvalue weighted by Crippen LogP contribution is 2.29. The monoisotopic (exact) mass is 504 g/mol. The average molecular weight is 505 g/mol. The van der Waals surface area contributed by atoms with E-state index >= 15 is 0 Å². The fourth-order valence-electron chi connectivity index (χ4n) is 5.11. The number of pyridine rings is 1. The molecule has 2 aromatic heterocycles. The first-order chi connectivity index (χ1) is 18.0. The van der Waals surface area contributed by atoms with E-state index in [0.29, 0.717) is 25.2 Å². The largest absolute Gasteiger partial charge is 0.376 e. The maximum absolute atomic E-state index is 13.6. The minimum Gasteiger partial charge on any atom is -0.376 e. The minimum atomic E-state index is -0.276. The Balaban J connectivity index is 1.51. The molecule has 0 spiro atoms. The summed E-state index contributed by atoms with van der Waals surface area (Å²) < 4.78 is 21.3. The van der Waals surface area contributed by atoms with Crippen LogP contribution in [0.5, 0.6) is 0 Å². The van der Waals surface area contributed by atoms with Crippen LogP contribution in [0.4, 0.5) is 4.39 Å². The van der Waals surface area contributed by atoms with Gasteiger partial charge in [-0.3, -0.25) is 9.69 Å². The Labute approximate surface area is 215 Å². The van der Waals surface area contributed by atoms with Crippen molar-refractivity contribution in [3.8, 4) is 0 Å². The van der Waals surface area contributed by atoms with Crippen LogP contribution in [-0.2, 0) is 24.4 Å². The molecule has 8 nitrogen and oxygen atoms in total. The number of H-pyrrole nitrogens is 1. The van der Waals surface area contributed by atoms with Gasteiger partial charge in [0, 0.05) is 30.8 Å². The van der Waals surface area contributed by atoms with Gasteiger partial charge in [0.15, 0.2) is 5.82 Å². The molecule has 0 bridgehead atoms. The summed E-state index contributed by atoms with van der Waals surface area (Å²) in [7, 11) is 0. The van der Waals surface area contributed by atoms with Gasteiger partial charge in [0.2, 0.25) is 0 Å². The quantitative estimate of drug-likeness (QED) is 0.337. The standard InChI is InChI=1S/C28H33FN6O2/c1-3-5-26(27-31-32-33-35(27)18-24-6-4-13-37-24)34(16-20-8-11-23(29)12-9-20)17-22-15-21-10-7-19(2)14-25(21)30-28(22)36/h7-12,14-15,24,26H,3-6,13,16-18H2,1-2H3,(H,30,36)/t24-,26+/m0/s1. The molecule has 3 heterocycles. The summed E-state index contributed by atoms with van der Waals surface area (Å²) in [5.41, 5.74) is 3.42. The fourth-order valence-corrected chi connectivity index (χ4v) is 5.11. The number of hydrogen-bond donors (Lipinski definition) is 1. The number of aromatic amines is 1. The number of halogens is 1. The topological polar surface area (TPSA) is 88.9 Å². The van der Waals surface area contributed by atoms with Gasteiger partial charge >= 0.3 is 0 Å². The number of ether oxygens (including phenoxy) is 1. The third kappa shape index (κ3) is 5.94. The van der Waals surface area contributed by atoms with Crippen molar-refractivity contribution in [3.05, 3.63) is 87.2 Å². The van der Waals surface area contributed by atoms with Gasteiger partial charge in [-0.25, -0.2) is 9.07 Å². The lowest BCUT2D eigenvalue weighted by Crippen LogP contribution is -2.33. The van der Waals surface area contributed by atoms with Crippen LogP contribution in [0.3, 0.4) is 0 Å². The second-order valence-electron chi connectivity index (χ2n) is 9.90. The molecule has 4 aromatic rings. The van der Waals surface area contributed by atoms with Crippen LogP contribution in [0.2, 0.25) is 0 Å². The van der Waals surface area contributed by atoms with Crippen molar-refractivity contribution >= 4 is 10.9 Å². The van der Waals surface area contributed by atoms with Gasteiger partial charge in [-0.1, -0.05) is 37.6 Å². The highest BCUT2D eigenvalue weighted by Gasteiger charge is 2.28. The molecule has 1 N–H and O–H groups in total. The Hall–Kier alpha value is -3.43. The normalized spacial score (nSPS) is 16.6. The van der Waals surface area contributed by atoms with Crippen LogP contribution in [0, 0.1) is 12.7 Å². The van der Waals surface area contributed by atoms with Crippen molar-refractivity contribution in [2.24, 2.45) is 0 Å². The number of hydrogen-bond acceptors (Lipinski definition) is 6. The molecule has 2 atom stereocenters. The maximum Gasteiger partial charge on any atom is 0.252 e. The summed E-state index contributed by atoms with van der Waals surface area (Å²) in [6, 6.07) is 14.4. The molecule has 1 fully saturated rings. The van der Waals surface area contributed by atoms with E-state index in [1.807, 2.05) is 35.9 Å². The predicted octanol–water partition coefficient (Wildman–Crippen LogP) is 4.68. The molecular formula is C28H33FN6O2. The molecule has 0 aliphatic carbocycles. The molecular weight excluding hydrogens is 471 g/mol. The van der Waals surface area contributed by atoms with Gasteiger partial charge < -0.3 is 9.72 Å². The first-order valence-corrected chi connectivity index (χ1v) is 13.0. The Morgan fingerprint density at radius 3 is 2.78 bits per heavy atom. The number of aromatic nitrogens is 5. The van der Waals surface area contributed by atoms with Crippen molar-refractivity contribution in [2.75, 3.05) is 6.61 Å². The Bertz CT molecular complexity index is 1390. The maximum atomic E-state index is 13.6. The number of rotatable bonds is 10. The van der Waals surface area contributed by atoms with Crippen LogP contribution in [0.25, 0.3) is 10.9 Å². The summed E-state index contributed by atoms with van der Waals surface area (Å²) in [6.45, 7) is 6.41. The third-order valence-electron chi connectivity index (χ3n) is 7.01. The lowest BCUT2D eigenvalue weighted by molar-refractivity contribution is 0.0885. The Kier molecular flexibility index (Phi) is 7.71. The molecule has 5 rings (SSSR count). The molecule has 0 unspecified atom stereocenters. The molecule has 2 aromatic carbocycles. The highest BCUT2D eigenvalue weighted by molar-refractivity contribution is 5.79. The molecule has 0 amide bonds. The molecule has 37 heavy (non-hydrogen) atoms. The third-order valence-corrected chi connectivity index (χ3v) is 7.01. The fraction of sp³-hybridized carbons (Fsp3) is 0.429. The van der Waals surface area contributed by atoms with Crippen molar-refractivity contribution in [1.29, 1.82) is 0 Å². The summed E-state index contributed by atoms with van der Waals surface area (Å²) in [5, 5.41) is 13.7. The Morgan fingerprint density at radius 2 is 2.03 bits per heavy atom. The van der Waals surface area contributed by atoms with Crippen molar-refractivity contribution in [3.63, 3.8) is 0 Å². The average Bonchev–Trinajstić information content (AvgIpc) is 3.57. The van der Waals surface area contributed by atoms with E-state index in [0.717, 1.165) is 60.1 Å². The van der Waals surface area contributed by atoms with Crippen LogP contribution < -0.4 is 5.56 Å². The highest BCUT2D eigenvalue weighted by atomic mass is 19.1. The number of tetrazole rings is 1. The predicted molar refractivity (Wildman–Crippen MR) is 139 cm³/mol. The summed E-state index contributed by atoms with van der Waals surface area (Å²) in [6.07, 6.45) is 3.84. The first-order valence-electron chi connectivity index (χ1n) is 13.0. The zero-order valence-electron chi connectivity index (χ0n) is 21.4. The zero-order chi connectivity index (χ0) is 25.8. The lowest BCUT2D eigenvalue weighted by Gasteiger charge is -2.31. The van der Waals surface area contributed by atoms with Crippen molar-refractivity contribution in [1.82, 2.24) is 30.1 Å². The lowest BCUT2D eigenvalue weighted by atomic mass is 10.0. The van der Waals surface area contributed by atoms with Gasteiger partial charge in [0.25, 0.3) is 5.56 Å². The molecule has 9 heteroatoms. The van der Waals surface area contributed by atoms with E-state index < -0.39 is 0 Å². The number of aryl methyl sites for hydroxylation is 1. The van der Waals surface area contributed by atoms with Crippen molar-refractivity contribution in [2.45, 2.75) is 71.3 Å². The Morgan fingerprint density at radius 1 is 1.19 bits per heavy atom. The molecule has 1 aliphatic heterocycles. The number of nitrogens with zero attached hydrogens (tertiary/aromatic N) is 5. The summed E-state index contributed by atoms with van der Waals surface area (Å²) >= 11 is 0. The molecule has 194 valence electrons. The second-order valence-corrected chi connectivity index (χ2v) is 9.90. The van der Waals surface area contributed by atoms with E-state index in [2.05, 4.69) is 32.3 Å². The molecule has 1 aliphatic rings.